The average molecular weight is 273 g/mol. The van der Waals surface area contributed by atoms with Crippen LogP contribution >= 0.6 is 0 Å². The van der Waals surface area contributed by atoms with Gasteiger partial charge >= 0.3 is 0 Å². The van der Waals surface area contributed by atoms with Gasteiger partial charge < -0.3 is 10.1 Å². The minimum Gasteiger partial charge on any atom is -0.452 e. The number of benzene rings is 1. The van der Waals surface area contributed by atoms with E-state index in [4.69, 9.17) is 4.74 Å². The number of anilines is 1. The van der Waals surface area contributed by atoms with Crippen molar-refractivity contribution in [3.63, 3.8) is 0 Å². The fourth-order valence-corrected chi connectivity index (χ4v) is 1.71. The van der Waals surface area contributed by atoms with Crippen LogP contribution in [-0.4, -0.2) is 0 Å². The van der Waals surface area contributed by atoms with Gasteiger partial charge in [-0.1, -0.05) is 53.0 Å². The molecule has 0 atom stereocenters. The highest BCUT2D eigenvalue weighted by Crippen LogP contribution is 2.37. The van der Waals surface area contributed by atoms with E-state index in [2.05, 4.69) is 18.5 Å². The summed E-state index contributed by atoms with van der Waals surface area (Å²) >= 11 is 0. The molecule has 1 aromatic carbocycles. The van der Waals surface area contributed by atoms with E-state index in [1.54, 1.807) is 6.08 Å². The maximum Gasteiger partial charge on any atom is 0.153 e. The van der Waals surface area contributed by atoms with Gasteiger partial charge in [0.25, 0.3) is 0 Å². The average Bonchev–Trinajstić information content (AvgIpc) is 2.50. The van der Waals surface area contributed by atoms with Crippen molar-refractivity contribution in [1.82, 2.24) is 0 Å². The number of allylic oxidation sites excluding steroid dienone is 2. The molecular weight excluding hydrogens is 246 g/mol. The summed E-state index contributed by atoms with van der Waals surface area (Å²) in [5.41, 5.74) is 3.83. The molecule has 0 saturated heterocycles. The monoisotopic (exact) mass is 273 g/mol. The lowest BCUT2D eigenvalue weighted by Gasteiger charge is -2.24. The maximum absolute atomic E-state index is 5.87. The minimum atomic E-state index is 0.761. The number of fused-ring (bicyclic) bond motifs is 1. The molecule has 20 heavy (non-hydrogen) atoms. The molecule has 0 aliphatic carbocycles. The molecule has 0 fully saturated rings. The lowest BCUT2D eigenvalue weighted by molar-refractivity contribution is 0.424. The van der Waals surface area contributed by atoms with Crippen LogP contribution in [0.2, 0.25) is 0 Å². The van der Waals surface area contributed by atoms with Gasteiger partial charge in [0.15, 0.2) is 11.5 Å². The Kier molecular flexibility index (Phi) is 8.14. The number of para-hydroxylation sites is 1. The van der Waals surface area contributed by atoms with E-state index in [-0.39, 0.29) is 0 Å². The van der Waals surface area contributed by atoms with Gasteiger partial charge in [-0.3, -0.25) is 0 Å². The molecule has 1 aliphatic heterocycles. The van der Waals surface area contributed by atoms with Crippen molar-refractivity contribution in [1.29, 1.82) is 0 Å². The Labute approximate surface area is 123 Å². The molecule has 0 unspecified atom stereocenters. The Morgan fingerprint density at radius 1 is 1.20 bits per heavy atom. The van der Waals surface area contributed by atoms with E-state index in [0.717, 1.165) is 34.0 Å². The second-order valence-corrected chi connectivity index (χ2v) is 3.91. The predicted molar refractivity (Wildman–Crippen MR) is 90.2 cm³/mol. The van der Waals surface area contributed by atoms with Crippen molar-refractivity contribution in [2.45, 2.75) is 41.5 Å². The first-order valence-corrected chi connectivity index (χ1v) is 7.20. The van der Waals surface area contributed by atoms with Crippen molar-refractivity contribution < 1.29 is 4.74 Å². The number of rotatable bonds is 2. The molecule has 2 nitrogen and oxygen atoms in total. The summed E-state index contributed by atoms with van der Waals surface area (Å²) in [7, 11) is 0. The van der Waals surface area contributed by atoms with E-state index in [0.29, 0.717) is 0 Å². The largest absolute Gasteiger partial charge is 0.452 e. The Balaban J connectivity index is 0.000000829. The van der Waals surface area contributed by atoms with Crippen molar-refractivity contribution in [2.24, 2.45) is 0 Å². The fraction of sp³-hybridized carbons (Fsp3) is 0.333. The molecule has 0 bridgehead atoms. The molecule has 1 aromatic rings. The SMILES string of the molecule is C=CC1=C(C(=C)C)Oc2c(C)cccc2N1.CC.CC. The van der Waals surface area contributed by atoms with Crippen molar-refractivity contribution in [3.8, 4) is 5.75 Å². The van der Waals surface area contributed by atoms with Crippen LogP contribution in [0.4, 0.5) is 5.69 Å². The van der Waals surface area contributed by atoms with Crippen LogP contribution in [0.25, 0.3) is 0 Å². The van der Waals surface area contributed by atoms with Crippen LogP contribution in [0, 0.1) is 6.92 Å². The fourth-order valence-electron chi connectivity index (χ4n) is 1.71. The maximum atomic E-state index is 5.87. The molecule has 1 heterocycles. The van der Waals surface area contributed by atoms with E-state index in [9.17, 15) is 0 Å². The van der Waals surface area contributed by atoms with Gasteiger partial charge in [0, 0.05) is 0 Å². The van der Waals surface area contributed by atoms with Gasteiger partial charge in [-0.05, 0) is 37.1 Å². The van der Waals surface area contributed by atoms with Crippen LogP contribution in [-0.2, 0) is 0 Å². The van der Waals surface area contributed by atoms with E-state index in [1.165, 1.54) is 0 Å². The third-order valence-corrected chi connectivity index (χ3v) is 2.52. The normalized spacial score (nSPS) is 11.5. The lowest BCUT2D eigenvalue weighted by Crippen LogP contribution is -2.14. The first-order chi connectivity index (χ1) is 9.63. The van der Waals surface area contributed by atoms with Gasteiger partial charge in [-0.2, -0.15) is 0 Å². The van der Waals surface area contributed by atoms with E-state index >= 15 is 0 Å². The second kappa shape index (κ2) is 9.03. The van der Waals surface area contributed by atoms with Gasteiger partial charge in [0.1, 0.15) is 0 Å². The summed E-state index contributed by atoms with van der Waals surface area (Å²) in [6.45, 7) is 19.6. The number of nitrogens with one attached hydrogen (secondary N) is 1. The molecule has 0 spiro atoms. The van der Waals surface area contributed by atoms with Crippen LogP contribution < -0.4 is 10.1 Å². The summed E-state index contributed by atoms with van der Waals surface area (Å²) in [6.07, 6.45) is 1.75. The van der Waals surface area contributed by atoms with E-state index < -0.39 is 0 Å². The summed E-state index contributed by atoms with van der Waals surface area (Å²) in [5, 5.41) is 3.29. The van der Waals surface area contributed by atoms with Crippen molar-refractivity contribution in [2.75, 3.05) is 5.32 Å². The molecule has 2 heteroatoms. The molecule has 0 amide bonds. The number of aryl methyl sites for hydroxylation is 1. The highest BCUT2D eigenvalue weighted by atomic mass is 16.5. The predicted octanol–water partition coefficient (Wildman–Crippen LogP) is 5.83. The third kappa shape index (κ3) is 4.02. The standard InChI is InChI=1S/C14H15NO.2C2H6/c1-5-11-13(9(2)3)16-14-10(4)7-6-8-12(14)15-11;2*1-2/h5-8,15H,1-2H2,3-4H3;2*1-2H3. The zero-order valence-corrected chi connectivity index (χ0v) is 13.6. The van der Waals surface area contributed by atoms with Crippen LogP contribution in [0.5, 0.6) is 5.75 Å². The first-order valence-electron chi connectivity index (χ1n) is 7.20. The quantitative estimate of drug-likeness (QED) is 0.732. The second-order valence-electron chi connectivity index (χ2n) is 3.91. The Morgan fingerprint density at radius 3 is 2.30 bits per heavy atom. The van der Waals surface area contributed by atoms with E-state index in [1.807, 2.05) is 59.7 Å². The number of ether oxygens (including phenoxy) is 1. The lowest BCUT2D eigenvalue weighted by atomic mass is 10.1. The zero-order chi connectivity index (χ0) is 15.7. The van der Waals surface area contributed by atoms with Crippen LogP contribution in [0.1, 0.15) is 40.2 Å². The molecule has 0 saturated carbocycles. The highest BCUT2D eigenvalue weighted by molar-refractivity contribution is 5.68. The molecule has 2 rings (SSSR count). The number of hydrogen-bond donors (Lipinski definition) is 1. The summed E-state index contributed by atoms with van der Waals surface area (Å²) in [4.78, 5) is 0. The summed E-state index contributed by atoms with van der Waals surface area (Å²) in [5.74, 6) is 1.63. The third-order valence-electron chi connectivity index (χ3n) is 2.52. The van der Waals surface area contributed by atoms with Gasteiger partial charge in [0.2, 0.25) is 0 Å². The van der Waals surface area contributed by atoms with Crippen molar-refractivity contribution >= 4 is 5.69 Å². The Hall–Kier alpha value is -1.96. The minimum absolute atomic E-state index is 0.761. The number of hydrogen-bond acceptors (Lipinski definition) is 2. The zero-order valence-electron chi connectivity index (χ0n) is 13.6. The van der Waals surface area contributed by atoms with Crippen LogP contribution in [0.3, 0.4) is 0 Å². The van der Waals surface area contributed by atoms with Gasteiger partial charge in [0.05, 0.1) is 11.4 Å². The van der Waals surface area contributed by atoms with Crippen molar-refractivity contribution in [3.05, 3.63) is 60.0 Å². The topological polar surface area (TPSA) is 21.3 Å². The molecular formula is C18H27NO. The Bertz CT molecular complexity index is 498. The molecule has 110 valence electrons. The first kappa shape index (κ1) is 18.0. The summed E-state index contributed by atoms with van der Waals surface area (Å²) < 4.78 is 5.87. The molecule has 0 aromatic heterocycles. The molecule has 1 aliphatic rings. The van der Waals surface area contributed by atoms with Gasteiger partial charge in [-0.25, -0.2) is 0 Å². The molecule has 1 N–H and O–H groups in total. The van der Waals surface area contributed by atoms with Gasteiger partial charge in [-0.15, -0.1) is 0 Å². The molecule has 0 radical (unpaired) electrons. The Morgan fingerprint density at radius 2 is 1.80 bits per heavy atom. The highest BCUT2D eigenvalue weighted by Gasteiger charge is 2.19. The van der Waals surface area contributed by atoms with Crippen LogP contribution in [0.15, 0.2) is 54.5 Å². The summed E-state index contributed by atoms with van der Waals surface area (Å²) in [6, 6.07) is 6.01. The smallest absolute Gasteiger partial charge is 0.153 e.